The number of hydrogen-bond acceptors (Lipinski definition) is 5. The zero-order valence-electron chi connectivity index (χ0n) is 15.2. The first kappa shape index (κ1) is 18.8. The molecule has 1 aliphatic rings. The topological polar surface area (TPSA) is 67.9 Å². The number of amides is 2. The number of anilines is 1. The highest BCUT2D eigenvalue weighted by Gasteiger charge is 2.38. The molecule has 1 aliphatic heterocycles. The highest BCUT2D eigenvalue weighted by molar-refractivity contribution is 6.36. The van der Waals surface area contributed by atoms with Gasteiger partial charge >= 0.3 is 0 Å². The van der Waals surface area contributed by atoms with Gasteiger partial charge in [-0.15, -0.1) is 0 Å². The molecule has 3 rings (SSSR count). The number of imide groups is 1. The summed E-state index contributed by atoms with van der Waals surface area (Å²) in [5.74, 6) is 0.428. The van der Waals surface area contributed by atoms with Crippen LogP contribution in [0.5, 0.6) is 11.5 Å². The molecule has 2 amide bonds. The lowest BCUT2D eigenvalue weighted by molar-refractivity contribution is -0.136. The fourth-order valence-electron chi connectivity index (χ4n) is 2.92. The largest absolute Gasteiger partial charge is 0.497 e. The summed E-state index contributed by atoms with van der Waals surface area (Å²) in [6.45, 7) is 2.03. The number of carbonyl (C=O) groups is 2. The number of likely N-dealkylation sites (N-methyl/N-ethyl adjacent to an activating group) is 1. The average Bonchev–Trinajstić information content (AvgIpc) is 2.91. The van der Waals surface area contributed by atoms with E-state index in [2.05, 4.69) is 5.32 Å². The van der Waals surface area contributed by atoms with Gasteiger partial charge in [0.05, 0.1) is 25.5 Å². The predicted molar refractivity (Wildman–Crippen MR) is 104 cm³/mol. The van der Waals surface area contributed by atoms with Crippen molar-refractivity contribution in [2.45, 2.75) is 6.92 Å². The smallest absolute Gasteiger partial charge is 0.278 e. The van der Waals surface area contributed by atoms with E-state index in [0.29, 0.717) is 33.3 Å². The molecule has 140 valence electrons. The summed E-state index contributed by atoms with van der Waals surface area (Å²) in [4.78, 5) is 26.9. The number of methoxy groups -OCH3 is 2. The Hall–Kier alpha value is -2.99. The molecule has 0 spiro atoms. The van der Waals surface area contributed by atoms with E-state index in [0.717, 1.165) is 0 Å². The Kier molecular flexibility index (Phi) is 5.37. The van der Waals surface area contributed by atoms with Gasteiger partial charge in [0.15, 0.2) is 0 Å². The van der Waals surface area contributed by atoms with Crippen molar-refractivity contribution < 1.29 is 19.1 Å². The maximum Gasteiger partial charge on any atom is 0.278 e. The second-order valence-electron chi connectivity index (χ2n) is 5.80. The Morgan fingerprint density at radius 1 is 1.00 bits per heavy atom. The molecule has 0 saturated carbocycles. The Balaban J connectivity index is 2.11. The second-order valence-corrected chi connectivity index (χ2v) is 6.24. The summed E-state index contributed by atoms with van der Waals surface area (Å²) in [5.41, 5.74) is 1.61. The van der Waals surface area contributed by atoms with Gasteiger partial charge in [-0.1, -0.05) is 23.7 Å². The molecule has 1 N–H and O–H groups in total. The van der Waals surface area contributed by atoms with Crippen LogP contribution in [-0.2, 0) is 9.59 Å². The molecule has 0 saturated heterocycles. The molecular weight excluding hydrogens is 368 g/mol. The molecule has 0 atom stereocenters. The first-order chi connectivity index (χ1) is 13.0. The van der Waals surface area contributed by atoms with Gasteiger partial charge in [0, 0.05) is 11.6 Å². The quantitative estimate of drug-likeness (QED) is 0.769. The zero-order chi connectivity index (χ0) is 19.6. The molecule has 6 nitrogen and oxygen atoms in total. The zero-order valence-corrected chi connectivity index (χ0v) is 16.0. The highest BCUT2D eigenvalue weighted by atomic mass is 35.5. The van der Waals surface area contributed by atoms with Crippen LogP contribution in [-0.4, -0.2) is 37.5 Å². The molecule has 0 aromatic heterocycles. The Labute approximate surface area is 162 Å². The molecule has 0 aliphatic carbocycles. The summed E-state index contributed by atoms with van der Waals surface area (Å²) >= 11 is 6.08. The van der Waals surface area contributed by atoms with Gasteiger partial charge in [-0.2, -0.15) is 0 Å². The standard InChI is InChI=1S/C20H19ClN2O4/c1-4-23-19(24)17(12-5-8-14(26-2)9-6-12)18(20(23)25)22-15-11-13(21)7-10-16(15)27-3/h5-11,22H,4H2,1-3H3. The molecule has 0 fully saturated rings. The van der Waals surface area contributed by atoms with E-state index < -0.39 is 5.91 Å². The molecule has 7 heteroatoms. The van der Waals surface area contributed by atoms with Crippen molar-refractivity contribution in [3.63, 3.8) is 0 Å². The van der Waals surface area contributed by atoms with Crippen molar-refractivity contribution in [2.24, 2.45) is 0 Å². The first-order valence-corrected chi connectivity index (χ1v) is 8.73. The molecular formula is C20H19ClN2O4. The van der Waals surface area contributed by atoms with Crippen LogP contribution in [0.1, 0.15) is 12.5 Å². The third kappa shape index (κ3) is 3.48. The highest BCUT2D eigenvalue weighted by Crippen LogP contribution is 2.34. The van der Waals surface area contributed by atoms with Gasteiger partial charge in [-0.3, -0.25) is 14.5 Å². The summed E-state index contributed by atoms with van der Waals surface area (Å²) in [7, 11) is 3.09. The number of nitrogens with one attached hydrogen (secondary N) is 1. The maximum absolute atomic E-state index is 12.8. The number of ether oxygens (including phenoxy) is 2. The van der Waals surface area contributed by atoms with Gasteiger partial charge in [-0.25, -0.2) is 0 Å². The van der Waals surface area contributed by atoms with Gasteiger partial charge in [0.1, 0.15) is 17.2 Å². The monoisotopic (exact) mass is 386 g/mol. The number of carbonyl (C=O) groups excluding carboxylic acids is 2. The van der Waals surface area contributed by atoms with Crippen LogP contribution in [0.3, 0.4) is 0 Å². The Morgan fingerprint density at radius 2 is 1.70 bits per heavy atom. The summed E-state index contributed by atoms with van der Waals surface area (Å²) < 4.78 is 10.5. The molecule has 1 heterocycles. The fourth-order valence-corrected chi connectivity index (χ4v) is 3.09. The van der Waals surface area contributed by atoms with E-state index >= 15 is 0 Å². The van der Waals surface area contributed by atoms with Crippen LogP contribution in [0.15, 0.2) is 48.2 Å². The number of hydrogen-bond donors (Lipinski definition) is 1. The van der Waals surface area contributed by atoms with Gasteiger partial charge in [0.25, 0.3) is 11.8 Å². The van der Waals surface area contributed by atoms with E-state index in [1.807, 2.05) is 0 Å². The van der Waals surface area contributed by atoms with Crippen molar-refractivity contribution in [1.82, 2.24) is 4.90 Å². The van der Waals surface area contributed by atoms with Crippen LogP contribution in [0.25, 0.3) is 5.57 Å². The lowest BCUT2D eigenvalue weighted by atomic mass is 10.0. The van der Waals surface area contributed by atoms with Crippen molar-refractivity contribution in [3.05, 3.63) is 58.7 Å². The summed E-state index contributed by atoms with van der Waals surface area (Å²) in [6.07, 6.45) is 0. The van der Waals surface area contributed by atoms with Gasteiger partial charge in [0.2, 0.25) is 0 Å². The molecule has 27 heavy (non-hydrogen) atoms. The number of nitrogens with zero attached hydrogens (tertiary/aromatic N) is 1. The van der Waals surface area contributed by atoms with Gasteiger partial charge < -0.3 is 14.8 Å². The van der Waals surface area contributed by atoms with Crippen LogP contribution in [0.2, 0.25) is 5.02 Å². The summed E-state index contributed by atoms with van der Waals surface area (Å²) in [5, 5.41) is 3.53. The number of benzene rings is 2. The van der Waals surface area contributed by atoms with E-state index in [1.54, 1.807) is 56.5 Å². The van der Waals surface area contributed by atoms with Crippen molar-refractivity contribution in [2.75, 3.05) is 26.1 Å². The predicted octanol–water partition coefficient (Wildman–Crippen LogP) is 3.57. The van der Waals surface area contributed by atoms with Gasteiger partial charge in [-0.05, 0) is 42.8 Å². The molecule has 0 radical (unpaired) electrons. The molecule has 2 aromatic rings. The van der Waals surface area contributed by atoms with Crippen LogP contribution in [0.4, 0.5) is 5.69 Å². The van der Waals surface area contributed by atoms with E-state index in [-0.39, 0.29) is 18.1 Å². The lowest BCUT2D eigenvalue weighted by Crippen LogP contribution is -2.32. The van der Waals surface area contributed by atoms with E-state index in [4.69, 9.17) is 21.1 Å². The second kappa shape index (κ2) is 7.72. The van der Waals surface area contributed by atoms with Crippen molar-refractivity contribution in [3.8, 4) is 11.5 Å². The third-order valence-corrected chi connectivity index (χ3v) is 4.52. The van der Waals surface area contributed by atoms with Crippen LogP contribution >= 0.6 is 11.6 Å². The van der Waals surface area contributed by atoms with Crippen molar-refractivity contribution >= 4 is 34.7 Å². The maximum atomic E-state index is 12.8. The Bertz CT molecular complexity index is 922. The summed E-state index contributed by atoms with van der Waals surface area (Å²) in [6, 6.07) is 12.0. The van der Waals surface area contributed by atoms with E-state index in [9.17, 15) is 9.59 Å². The third-order valence-electron chi connectivity index (χ3n) is 4.28. The average molecular weight is 387 g/mol. The Morgan fingerprint density at radius 3 is 2.30 bits per heavy atom. The minimum absolute atomic E-state index is 0.188. The van der Waals surface area contributed by atoms with Crippen molar-refractivity contribution in [1.29, 1.82) is 0 Å². The number of halogens is 1. The normalized spacial score (nSPS) is 14.0. The van der Waals surface area contributed by atoms with E-state index in [1.165, 1.54) is 12.0 Å². The van der Waals surface area contributed by atoms with Crippen LogP contribution < -0.4 is 14.8 Å². The fraction of sp³-hybridized carbons (Fsp3) is 0.200. The molecule has 0 unspecified atom stereocenters. The minimum Gasteiger partial charge on any atom is -0.497 e. The van der Waals surface area contributed by atoms with Crippen LogP contribution in [0, 0.1) is 0 Å². The number of rotatable bonds is 6. The molecule has 2 aromatic carbocycles. The lowest BCUT2D eigenvalue weighted by Gasteiger charge is -2.14. The molecule has 0 bridgehead atoms. The SMILES string of the molecule is CCN1C(=O)C(Nc2cc(Cl)ccc2OC)=C(c2ccc(OC)cc2)C1=O. The first-order valence-electron chi connectivity index (χ1n) is 8.35. The minimum atomic E-state index is -0.393.